The molecule has 0 radical (unpaired) electrons. The third kappa shape index (κ3) is 2.42. The molecule has 0 bridgehead atoms. The van der Waals surface area contributed by atoms with Crippen molar-refractivity contribution >= 4 is 26.5 Å². The summed E-state index contributed by atoms with van der Waals surface area (Å²) in [5.41, 5.74) is 2.61. The van der Waals surface area contributed by atoms with Crippen molar-refractivity contribution in [1.29, 1.82) is 0 Å². The Balaban J connectivity index is 1.82. The molecule has 0 saturated carbocycles. The molecule has 4 heteroatoms. The van der Waals surface area contributed by atoms with Crippen molar-refractivity contribution in [3.8, 4) is 0 Å². The molecular formula is C15H20N2OS. The summed E-state index contributed by atoms with van der Waals surface area (Å²) in [4.78, 5) is 3.34. The van der Waals surface area contributed by atoms with Crippen LogP contribution in [0.5, 0.6) is 0 Å². The number of benzene rings is 1. The second kappa shape index (κ2) is 4.69. The zero-order chi connectivity index (χ0) is 13.5. The predicted molar refractivity (Wildman–Crippen MR) is 83.0 cm³/mol. The van der Waals surface area contributed by atoms with Crippen LogP contribution in [-0.4, -0.2) is 38.7 Å². The molecule has 19 heavy (non-hydrogen) atoms. The molecule has 2 heterocycles. The molecule has 0 amide bonds. The predicted octanol–water partition coefficient (Wildman–Crippen LogP) is 2.61. The van der Waals surface area contributed by atoms with E-state index < -0.39 is 9.71 Å². The van der Waals surface area contributed by atoms with Crippen LogP contribution in [0.15, 0.2) is 30.5 Å². The highest BCUT2D eigenvalue weighted by Gasteiger charge is 2.24. The van der Waals surface area contributed by atoms with Gasteiger partial charge in [-0.15, -0.1) is 0 Å². The van der Waals surface area contributed by atoms with Crippen molar-refractivity contribution in [3.63, 3.8) is 0 Å². The van der Waals surface area contributed by atoms with E-state index in [1.807, 2.05) is 4.31 Å². The van der Waals surface area contributed by atoms with Gasteiger partial charge in [0.15, 0.2) is 0 Å². The van der Waals surface area contributed by atoms with Crippen molar-refractivity contribution in [1.82, 2.24) is 9.29 Å². The summed E-state index contributed by atoms with van der Waals surface area (Å²) in [5, 5.41) is 1.33. The Labute approximate surface area is 114 Å². The lowest BCUT2D eigenvalue weighted by Crippen LogP contribution is -2.36. The number of aromatic nitrogens is 1. The van der Waals surface area contributed by atoms with Crippen molar-refractivity contribution in [2.45, 2.75) is 18.8 Å². The van der Waals surface area contributed by atoms with E-state index in [9.17, 15) is 4.21 Å². The summed E-state index contributed by atoms with van der Waals surface area (Å²) < 4.78 is 14.0. The fraction of sp³-hybridized carbons (Fsp3) is 0.400. The minimum Gasteiger partial charge on any atom is -0.361 e. The number of para-hydroxylation sites is 1. The van der Waals surface area contributed by atoms with E-state index in [1.54, 1.807) is 6.26 Å². The largest absolute Gasteiger partial charge is 0.361 e. The first-order valence-electron chi connectivity index (χ1n) is 6.69. The van der Waals surface area contributed by atoms with Crippen LogP contribution in [0.4, 0.5) is 0 Å². The van der Waals surface area contributed by atoms with Crippen LogP contribution >= 0.6 is 0 Å². The van der Waals surface area contributed by atoms with Gasteiger partial charge in [0.05, 0.1) is 0 Å². The van der Waals surface area contributed by atoms with Gasteiger partial charge >= 0.3 is 0 Å². The Bertz CT molecular complexity index is 679. The number of fused-ring (bicyclic) bond motifs is 1. The standard InChI is InChI=1S/C15H20N2OS/c1-19(2,18)17-9-7-12(8-10-17)14-11-16-15-6-4-3-5-13(14)15/h3-6,11-12,16H,1,7-10H2,2H3. The van der Waals surface area contributed by atoms with Gasteiger partial charge in [0.25, 0.3) is 0 Å². The minimum absolute atomic E-state index is 0.564. The first-order chi connectivity index (χ1) is 9.05. The van der Waals surface area contributed by atoms with Crippen LogP contribution in [0.3, 0.4) is 0 Å². The zero-order valence-corrected chi connectivity index (χ0v) is 12.1. The Kier molecular flexibility index (Phi) is 3.15. The number of aromatic amines is 1. The maximum Gasteiger partial charge on any atom is 0.0456 e. The number of rotatable bonds is 2. The summed E-state index contributed by atoms with van der Waals surface area (Å²) in [6, 6.07) is 8.44. The Morgan fingerprint density at radius 1 is 1.32 bits per heavy atom. The summed E-state index contributed by atoms with van der Waals surface area (Å²) in [7, 11) is -2.04. The fourth-order valence-electron chi connectivity index (χ4n) is 2.98. The molecule has 2 aromatic rings. The van der Waals surface area contributed by atoms with Crippen LogP contribution in [0.1, 0.15) is 24.3 Å². The van der Waals surface area contributed by atoms with Crippen LogP contribution < -0.4 is 0 Å². The molecule has 1 N–H and O–H groups in total. The molecule has 1 fully saturated rings. The number of nitrogens with zero attached hydrogens (tertiary/aromatic N) is 1. The van der Waals surface area contributed by atoms with Crippen LogP contribution in [0.25, 0.3) is 10.9 Å². The number of nitrogens with one attached hydrogen (secondary N) is 1. The lowest BCUT2D eigenvalue weighted by Gasteiger charge is -2.32. The highest BCUT2D eigenvalue weighted by Crippen LogP contribution is 2.33. The number of piperidine rings is 1. The minimum atomic E-state index is -2.04. The highest BCUT2D eigenvalue weighted by atomic mass is 32.2. The topological polar surface area (TPSA) is 36.1 Å². The van der Waals surface area contributed by atoms with E-state index in [1.165, 1.54) is 16.5 Å². The fourth-order valence-corrected chi connectivity index (χ4v) is 3.97. The molecule has 0 spiro atoms. The van der Waals surface area contributed by atoms with Crippen molar-refractivity contribution in [3.05, 3.63) is 36.0 Å². The smallest absolute Gasteiger partial charge is 0.0456 e. The molecule has 1 aromatic carbocycles. The monoisotopic (exact) mass is 276 g/mol. The van der Waals surface area contributed by atoms with Crippen LogP contribution in [0, 0.1) is 0 Å². The van der Waals surface area contributed by atoms with Crippen LogP contribution in [-0.2, 0) is 9.71 Å². The van der Waals surface area contributed by atoms with Crippen LogP contribution in [0.2, 0.25) is 0 Å². The third-order valence-corrected chi connectivity index (χ3v) is 5.52. The van der Waals surface area contributed by atoms with Gasteiger partial charge in [0.1, 0.15) is 0 Å². The van der Waals surface area contributed by atoms with Gasteiger partial charge in [-0.3, -0.25) is 4.21 Å². The Morgan fingerprint density at radius 2 is 2.00 bits per heavy atom. The molecule has 1 aromatic heterocycles. The number of hydrogen-bond donors (Lipinski definition) is 1. The van der Waals surface area contributed by atoms with E-state index in [2.05, 4.69) is 41.3 Å². The lowest BCUT2D eigenvalue weighted by molar-refractivity contribution is 0.335. The number of hydrogen-bond acceptors (Lipinski definition) is 1. The van der Waals surface area contributed by atoms with Gasteiger partial charge in [-0.05, 0) is 36.3 Å². The Morgan fingerprint density at radius 3 is 2.68 bits per heavy atom. The van der Waals surface area contributed by atoms with E-state index >= 15 is 0 Å². The second-order valence-electron chi connectivity index (χ2n) is 5.45. The lowest BCUT2D eigenvalue weighted by atomic mass is 9.90. The first kappa shape index (κ1) is 12.8. The summed E-state index contributed by atoms with van der Waals surface area (Å²) >= 11 is 0. The van der Waals surface area contributed by atoms with E-state index in [4.69, 9.17) is 0 Å². The SMILES string of the molecule is C=S(C)(=O)N1CCC(c2c[nH]c3ccccc23)CC1. The second-order valence-corrected chi connectivity index (χ2v) is 7.89. The highest BCUT2D eigenvalue weighted by molar-refractivity contribution is 7.97. The van der Waals surface area contributed by atoms with Gasteiger partial charge in [0.2, 0.25) is 0 Å². The molecule has 1 atom stereocenters. The van der Waals surface area contributed by atoms with E-state index in [0.717, 1.165) is 25.9 Å². The van der Waals surface area contributed by atoms with Gasteiger partial charge in [0, 0.05) is 46.2 Å². The molecule has 3 nitrogen and oxygen atoms in total. The molecule has 0 aliphatic carbocycles. The zero-order valence-electron chi connectivity index (χ0n) is 11.3. The normalized spacial score (nSPS) is 21.5. The molecule has 102 valence electrons. The molecule has 1 unspecified atom stereocenters. The Hall–Kier alpha value is -1.26. The molecule has 1 aliphatic rings. The summed E-state index contributed by atoms with van der Waals surface area (Å²) in [6.07, 6.45) is 5.99. The van der Waals surface area contributed by atoms with Crippen molar-refractivity contribution in [2.75, 3.05) is 19.3 Å². The van der Waals surface area contributed by atoms with E-state index in [-0.39, 0.29) is 0 Å². The number of H-pyrrole nitrogens is 1. The van der Waals surface area contributed by atoms with Gasteiger partial charge < -0.3 is 4.98 Å². The first-order valence-corrected chi connectivity index (χ1v) is 8.78. The molecule has 1 saturated heterocycles. The van der Waals surface area contributed by atoms with Gasteiger partial charge in [-0.1, -0.05) is 18.2 Å². The maximum absolute atomic E-state index is 12.0. The molecule has 1 aliphatic heterocycles. The molecule has 3 rings (SSSR count). The van der Waals surface area contributed by atoms with Gasteiger partial charge in [-0.25, -0.2) is 4.31 Å². The third-order valence-electron chi connectivity index (χ3n) is 4.06. The van der Waals surface area contributed by atoms with Crippen molar-refractivity contribution < 1.29 is 4.21 Å². The van der Waals surface area contributed by atoms with E-state index in [0.29, 0.717) is 5.92 Å². The summed E-state index contributed by atoms with van der Waals surface area (Å²) in [6.45, 7) is 1.76. The van der Waals surface area contributed by atoms with Gasteiger partial charge in [-0.2, -0.15) is 0 Å². The average Bonchev–Trinajstić information content (AvgIpc) is 2.82. The molecular weight excluding hydrogens is 256 g/mol. The quantitative estimate of drug-likeness (QED) is 0.841. The maximum atomic E-state index is 12.0. The average molecular weight is 276 g/mol. The van der Waals surface area contributed by atoms with Crippen molar-refractivity contribution in [2.24, 2.45) is 0 Å². The summed E-state index contributed by atoms with van der Waals surface area (Å²) in [5.74, 6) is 4.34.